The first-order valence-electron chi connectivity index (χ1n) is 6.48. The summed E-state index contributed by atoms with van der Waals surface area (Å²) in [5.41, 5.74) is 1.16. The Kier molecular flexibility index (Phi) is 4.84. The number of hydrogen-bond acceptors (Lipinski definition) is 6. The highest BCUT2D eigenvalue weighted by atomic mass is 32.2. The van der Waals surface area contributed by atoms with Crippen LogP contribution in [0, 0.1) is 0 Å². The fourth-order valence-corrected chi connectivity index (χ4v) is 2.25. The molecule has 0 saturated heterocycles. The number of nitrogens with one attached hydrogen (secondary N) is 1. The Morgan fingerprint density at radius 3 is 2.80 bits per heavy atom. The number of rotatable bonds is 6. The minimum Gasteiger partial charge on any atom is -0.370 e. The van der Waals surface area contributed by atoms with E-state index in [1.165, 1.54) is 0 Å². The summed E-state index contributed by atoms with van der Waals surface area (Å²) in [5, 5.41) is 8.20. The van der Waals surface area contributed by atoms with Crippen LogP contribution in [0.3, 0.4) is 0 Å². The van der Waals surface area contributed by atoms with E-state index in [-0.39, 0.29) is 0 Å². The van der Waals surface area contributed by atoms with Crippen LogP contribution in [-0.2, 0) is 13.6 Å². The van der Waals surface area contributed by atoms with Crippen molar-refractivity contribution in [3.63, 3.8) is 0 Å². The van der Waals surface area contributed by atoms with Gasteiger partial charge in [0.2, 0.25) is 0 Å². The summed E-state index contributed by atoms with van der Waals surface area (Å²) in [6.07, 6.45) is 5.87. The molecule has 0 unspecified atom stereocenters. The molecule has 0 aliphatic rings. The van der Waals surface area contributed by atoms with Crippen molar-refractivity contribution in [1.29, 1.82) is 0 Å². The lowest BCUT2D eigenvalue weighted by Gasteiger charge is -2.18. The van der Waals surface area contributed by atoms with Crippen LogP contribution in [0.2, 0.25) is 0 Å². The molecule has 0 atom stereocenters. The molecule has 2 aromatic rings. The zero-order chi connectivity index (χ0) is 14.5. The van der Waals surface area contributed by atoms with Crippen molar-refractivity contribution in [2.75, 3.05) is 30.1 Å². The van der Waals surface area contributed by atoms with Gasteiger partial charge in [0.15, 0.2) is 5.16 Å². The molecule has 2 aromatic heterocycles. The van der Waals surface area contributed by atoms with Crippen LogP contribution < -0.4 is 10.2 Å². The minimum atomic E-state index is 0.768. The Bertz CT molecular complexity index is 568. The first-order chi connectivity index (χ1) is 9.62. The van der Waals surface area contributed by atoms with Crippen molar-refractivity contribution >= 4 is 23.4 Å². The van der Waals surface area contributed by atoms with Gasteiger partial charge in [0.05, 0.1) is 6.20 Å². The van der Waals surface area contributed by atoms with Crippen LogP contribution in [0.25, 0.3) is 0 Å². The second-order valence-corrected chi connectivity index (χ2v) is 5.28. The molecule has 20 heavy (non-hydrogen) atoms. The first kappa shape index (κ1) is 14.6. The third kappa shape index (κ3) is 3.63. The fraction of sp³-hybridized carbons (Fsp3) is 0.462. The van der Waals surface area contributed by atoms with Crippen molar-refractivity contribution in [1.82, 2.24) is 19.7 Å². The lowest BCUT2D eigenvalue weighted by atomic mass is 10.3. The Morgan fingerprint density at radius 2 is 2.20 bits per heavy atom. The highest BCUT2D eigenvalue weighted by Gasteiger charge is 2.09. The van der Waals surface area contributed by atoms with E-state index in [2.05, 4.69) is 32.2 Å². The molecule has 0 spiro atoms. The topological polar surface area (TPSA) is 58.9 Å². The Labute approximate surface area is 123 Å². The monoisotopic (exact) mass is 292 g/mol. The molecule has 0 aromatic carbocycles. The van der Waals surface area contributed by atoms with E-state index in [0.717, 1.165) is 35.4 Å². The SMILES string of the molecule is CCNc1cc(N(C)Cc2cnn(C)c2)nc(SC)n1. The molecular weight excluding hydrogens is 272 g/mol. The number of nitrogens with zero attached hydrogens (tertiary/aromatic N) is 5. The van der Waals surface area contributed by atoms with Crippen LogP contribution in [0.5, 0.6) is 0 Å². The second kappa shape index (κ2) is 6.60. The zero-order valence-electron chi connectivity index (χ0n) is 12.3. The molecule has 0 bridgehead atoms. The van der Waals surface area contributed by atoms with Gasteiger partial charge in [0.25, 0.3) is 0 Å². The van der Waals surface area contributed by atoms with Crippen LogP contribution in [0.15, 0.2) is 23.6 Å². The predicted octanol–water partition coefficient (Wildman–Crippen LogP) is 2.00. The normalized spacial score (nSPS) is 10.6. The van der Waals surface area contributed by atoms with Crippen LogP contribution in [0.4, 0.5) is 11.6 Å². The summed E-state index contributed by atoms with van der Waals surface area (Å²) in [4.78, 5) is 11.1. The number of hydrogen-bond donors (Lipinski definition) is 1. The highest BCUT2D eigenvalue weighted by Crippen LogP contribution is 2.20. The summed E-state index contributed by atoms with van der Waals surface area (Å²) in [6.45, 7) is 3.67. The van der Waals surface area contributed by atoms with Gasteiger partial charge in [-0.05, 0) is 13.2 Å². The van der Waals surface area contributed by atoms with E-state index >= 15 is 0 Å². The smallest absolute Gasteiger partial charge is 0.191 e. The Balaban J connectivity index is 2.19. The molecule has 0 aliphatic heterocycles. The van der Waals surface area contributed by atoms with Gasteiger partial charge in [-0.1, -0.05) is 11.8 Å². The van der Waals surface area contributed by atoms with E-state index in [9.17, 15) is 0 Å². The first-order valence-corrected chi connectivity index (χ1v) is 7.70. The fourth-order valence-electron chi connectivity index (χ4n) is 1.88. The summed E-state index contributed by atoms with van der Waals surface area (Å²) >= 11 is 1.55. The third-order valence-electron chi connectivity index (χ3n) is 2.80. The summed E-state index contributed by atoms with van der Waals surface area (Å²) < 4.78 is 1.81. The highest BCUT2D eigenvalue weighted by molar-refractivity contribution is 7.98. The summed E-state index contributed by atoms with van der Waals surface area (Å²) in [5.74, 6) is 1.77. The van der Waals surface area contributed by atoms with Gasteiger partial charge in [-0.25, -0.2) is 9.97 Å². The Morgan fingerprint density at radius 1 is 1.40 bits per heavy atom. The molecule has 7 heteroatoms. The average molecular weight is 292 g/mol. The average Bonchev–Trinajstić information content (AvgIpc) is 2.84. The molecule has 1 N–H and O–H groups in total. The minimum absolute atomic E-state index is 0.768. The largest absolute Gasteiger partial charge is 0.370 e. The van der Waals surface area contributed by atoms with Gasteiger partial charge >= 0.3 is 0 Å². The van der Waals surface area contributed by atoms with Crippen molar-refractivity contribution < 1.29 is 0 Å². The number of thioether (sulfide) groups is 1. The molecule has 0 saturated carbocycles. The van der Waals surface area contributed by atoms with Crippen LogP contribution in [-0.4, -0.2) is 39.6 Å². The van der Waals surface area contributed by atoms with Gasteiger partial charge in [0.1, 0.15) is 11.6 Å². The molecule has 0 aliphatic carbocycles. The maximum absolute atomic E-state index is 4.55. The molecule has 0 radical (unpaired) electrons. The van der Waals surface area contributed by atoms with Crippen molar-refractivity contribution in [2.24, 2.45) is 7.05 Å². The van der Waals surface area contributed by atoms with Gasteiger partial charge in [0, 0.05) is 45.0 Å². The summed E-state index contributed by atoms with van der Waals surface area (Å²) in [7, 11) is 3.94. The van der Waals surface area contributed by atoms with E-state index in [1.807, 2.05) is 38.8 Å². The van der Waals surface area contributed by atoms with E-state index in [0.29, 0.717) is 0 Å². The molecule has 2 heterocycles. The summed E-state index contributed by atoms with van der Waals surface area (Å²) in [6, 6.07) is 1.97. The second-order valence-electron chi connectivity index (χ2n) is 4.51. The molecule has 2 rings (SSSR count). The van der Waals surface area contributed by atoms with Gasteiger partial charge in [-0.15, -0.1) is 0 Å². The molecular formula is C13H20N6S. The molecule has 0 fully saturated rings. The molecule has 6 nitrogen and oxygen atoms in total. The van der Waals surface area contributed by atoms with E-state index in [4.69, 9.17) is 0 Å². The van der Waals surface area contributed by atoms with Crippen molar-refractivity contribution in [3.05, 3.63) is 24.0 Å². The standard InChI is InChI=1S/C13H20N6S/c1-5-14-11-6-12(17-13(16-11)20-4)18(2)8-10-7-15-19(3)9-10/h6-7,9H,5,8H2,1-4H3,(H,14,16,17). The Hall–Kier alpha value is -1.76. The lowest BCUT2D eigenvalue weighted by Crippen LogP contribution is -2.18. The number of aryl methyl sites for hydroxylation is 1. The van der Waals surface area contributed by atoms with E-state index < -0.39 is 0 Å². The number of aromatic nitrogens is 4. The van der Waals surface area contributed by atoms with E-state index in [1.54, 1.807) is 16.4 Å². The van der Waals surface area contributed by atoms with Gasteiger partial charge in [-0.3, -0.25) is 4.68 Å². The van der Waals surface area contributed by atoms with Crippen molar-refractivity contribution in [2.45, 2.75) is 18.6 Å². The zero-order valence-corrected chi connectivity index (χ0v) is 13.1. The maximum atomic E-state index is 4.55. The van der Waals surface area contributed by atoms with Gasteiger partial charge in [-0.2, -0.15) is 5.10 Å². The molecule has 0 amide bonds. The number of anilines is 2. The maximum Gasteiger partial charge on any atom is 0.191 e. The van der Waals surface area contributed by atoms with Crippen LogP contribution >= 0.6 is 11.8 Å². The van der Waals surface area contributed by atoms with Crippen LogP contribution in [0.1, 0.15) is 12.5 Å². The molecule has 108 valence electrons. The van der Waals surface area contributed by atoms with Crippen molar-refractivity contribution in [3.8, 4) is 0 Å². The predicted molar refractivity (Wildman–Crippen MR) is 83.3 cm³/mol. The third-order valence-corrected chi connectivity index (χ3v) is 3.35. The quantitative estimate of drug-likeness (QED) is 0.649. The van der Waals surface area contributed by atoms with Gasteiger partial charge < -0.3 is 10.2 Å². The lowest BCUT2D eigenvalue weighted by molar-refractivity contribution is 0.766.